The Bertz CT molecular complexity index is 562. The molecule has 114 valence electrons. The molecule has 21 heavy (non-hydrogen) atoms. The van der Waals surface area contributed by atoms with Crippen molar-refractivity contribution in [3.05, 3.63) is 28.8 Å². The zero-order valence-corrected chi connectivity index (χ0v) is 12.9. The van der Waals surface area contributed by atoms with E-state index in [0.29, 0.717) is 17.5 Å². The number of hydrogen-bond donors (Lipinski definition) is 2. The van der Waals surface area contributed by atoms with E-state index >= 15 is 0 Å². The van der Waals surface area contributed by atoms with Gasteiger partial charge in [-0.25, -0.2) is 9.59 Å². The molecular weight excluding hydrogens is 292 g/mol. The Morgan fingerprint density at radius 3 is 2.62 bits per heavy atom. The number of hydrogen-bond acceptors (Lipinski definition) is 2. The van der Waals surface area contributed by atoms with Gasteiger partial charge in [-0.1, -0.05) is 25.4 Å². The molecule has 1 aromatic rings. The lowest BCUT2D eigenvalue weighted by Crippen LogP contribution is -2.44. The van der Waals surface area contributed by atoms with Crippen LogP contribution in [-0.4, -0.2) is 35.1 Å². The lowest BCUT2D eigenvalue weighted by molar-refractivity contribution is 0.0697. The molecule has 0 bridgehead atoms. The monoisotopic (exact) mass is 310 g/mol. The predicted molar refractivity (Wildman–Crippen MR) is 81.9 cm³/mol. The van der Waals surface area contributed by atoms with Crippen LogP contribution in [0, 0.1) is 11.8 Å². The number of rotatable bonds is 2. The summed E-state index contributed by atoms with van der Waals surface area (Å²) >= 11 is 5.89. The zero-order valence-electron chi connectivity index (χ0n) is 12.1. The van der Waals surface area contributed by atoms with E-state index < -0.39 is 5.97 Å². The molecule has 1 heterocycles. The minimum Gasteiger partial charge on any atom is -0.478 e. The minimum absolute atomic E-state index is 0.0232. The molecule has 0 spiro atoms. The molecule has 1 aliphatic rings. The summed E-state index contributed by atoms with van der Waals surface area (Å²) in [5.74, 6) is 0.0116. The predicted octanol–water partition coefficient (Wildman–Crippen LogP) is 3.55. The van der Waals surface area contributed by atoms with Crippen molar-refractivity contribution in [2.45, 2.75) is 20.3 Å². The number of nitrogens with one attached hydrogen (secondary N) is 1. The van der Waals surface area contributed by atoms with Crippen LogP contribution in [0.4, 0.5) is 10.5 Å². The number of nitrogens with zero attached hydrogens (tertiary/aromatic N) is 1. The van der Waals surface area contributed by atoms with Crippen LogP contribution in [0.2, 0.25) is 5.02 Å². The standard InChI is InChI=1S/C15H19ClN2O3/c1-9-5-6-18(8-10(9)2)15(21)17-11-3-4-12(14(19)20)13(16)7-11/h3-4,7,9-10H,5-6,8H2,1-2H3,(H,17,21)(H,19,20). The molecule has 1 saturated heterocycles. The number of carbonyl (C=O) groups is 2. The van der Waals surface area contributed by atoms with E-state index in [1.165, 1.54) is 12.1 Å². The van der Waals surface area contributed by atoms with Gasteiger partial charge in [0.15, 0.2) is 0 Å². The summed E-state index contributed by atoms with van der Waals surface area (Å²) in [6, 6.07) is 4.22. The third kappa shape index (κ3) is 3.67. The molecule has 1 aromatic carbocycles. The second kappa shape index (κ2) is 6.35. The van der Waals surface area contributed by atoms with Crippen molar-refractivity contribution in [3.63, 3.8) is 0 Å². The van der Waals surface area contributed by atoms with Crippen LogP contribution < -0.4 is 5.32 Å². The van der Waals surface area contributed by atoms with E-state index in [4.69, 9.17) is 16.7 Å². The van der Waals surface area contributed by atoms with E-state index in [1.54, 1.807) is 11.0 Å². The quantitative estimate of drug-likeness (QED) is 0.877. The summed E-state index contributed by atoms with van der Waals surface area (Å²) in [5.41, 5.74) is 0.524. The molecule has 0 aliphatic carbocycles. The van der Waals surface area contributed by atoms with Gasteiger partial charge in [0, 0.05) is 18.8 Å². The Balaban J connectivity index is 2.03. The van der Waals surface area contributed by atoms with Crippen LogP contribution >= 0.6 is 11.6 Å². The van der Waals surface area contributed by atoms with Crippen molar-refractivity contribution in [3.8, 4) is 0 Å². The van der Waals surface area contributed by atoms with Crippen molar-refractivity contribution >= 4 is 29.3 Å². The second-order valence-electron chi connectivity index (χ2n) is 5.62. The van der Waals surface area contributed by atoms with Crippen LogP contribution in [0.5, 0.6) is 0 Å². The summed E-state index contributed by atoms with van der Waals surface area (Å²) in [4.78, 5) is 24.9. The number of carboxylic acids is 1. The Morgan fingerprint density at radius 1 is 1.33 bits per heavy atom. The molecule has 6 heteroatoms. The summed E-state index contributed by atoms with van der Waals surface area (Å²) in [5, 5.41) is 11.8. The van der Waals surface area contributed by atoms with Crippen LogP contribution in [0.1, 0.15) is 30.6 Å². The number of carboxylic acid groups (broad SMARTS) is 1. The van der Waals surface area contributed by atoms with Crippen molar-refractivity contribution < 1.29 is 14.7 Å². The molecule has 1 aliphatic heterocycles. The first-order valence-corrected chi connectivity index (χ1v) is 7.35. The van der Waals surface area contributed by atoms with E-state index in [2.05, 4.69) is 19.2 Å². The number of carbonyl (C=O) groups excluding carboxylic acids is 1. The van der Waals surface area contributed by atoms with Crippen LogP contribution in [-0.2, 0) is 0 Å². The number of amides is 2. The highest BCUT2D eigenvalue weighted by Crippen LogP contribution is 2.24. The van der Waals surface area contributed by atoms with Gasteiger partial charge in [-0.05, 0) is 36.5 Å². The van der Waals surface area contributed by atoms with Crippen molar-refractivity contribution in [2.75, 3.05) is 18.4 Å². The summed E-state index contributed by atoms with van der Waals surface area (Å²) in [7, 11) is 0. The van der Waals surface area contributed by atoms with E-state index in [-0.39, 0.29) is 16.6 Å². The third-order valence-corrected chi connectivity index (χ3v) is 4.38. The Kier molecular flexibility index (Phi) is 4.73. The first-order chi connectivity index (χ1) is 9.88. The normalized spacial score (nSPS) is 22.0. The van der Waals surface area contributed by atoms with Crippen LogP contribution in [0.15, 0.2) is 18.2 Å². The highest BCUT2D eigenvalue weighted by atomic mass is 35.5. The number of urea groups is 1. The Labute approximate surface area is 128 Å². The van der Waals surface area contributed by atoms with Crippen molar-refractivity contribution in [2.24, 2.45) is 11.8 Å². The van der Waals surface area contributed by atoms with Gasteiger partial charge in [0.25, 0.3) is 0 Å². The fraction of sp³-hybridized carbons (Fsp3) is 0.467. The molecule has 5 nitrogen and oxygen atoms in total. The lowest BCUT2D eigenvalue weighted by Gasteiger charge is -2.35. The zero-order chi connectivity index (χ0) is 15.6. The Morgan fingerprint density at radius 2 is 2.05 bits per heavy atom. The largest absolute Gasteiger partial charge is 0.478 e. The van der Waals surface area contributed by atoms with Crippen molar-refractivity contribution in [1.82, 2.24) is 4.90 Å². The first kappa shape index (κ1) is 15.6. The van der Waals surface area contributed by atoms with Gasteiger partial charge >= 0.3 is 12.0 Å². The number of aromatic carboxylic acids is 1. The van der Waals surface area contributed by atoms with Gasteiger partial charge < -0.3 is 15.3 Å². The van der Waals surface area contributed by atoms with Gasteiger partial charge in [-0.3, -0.25) is 0 Å². The van der Waals surface area contributed by atoms with E-state index in [1.807, 2.05) is 0 Å². The molecule has 2 N–H and O–H groups in total. The average Bonchev–Trinajstić information content (AvgIpc) is 2.41. The number of halogens is 1. The maximum Gasteiger partial charge on any atom is 0.337 e. The number of benzene rings is 1. The fourth-order valence-electron chi connectivity index (χ4n) is 2.42. The summed E-state index contributed by atoms with van der Waals surface area (Å²) < 4.78 is 0. The van der Waals surface area contributed by atoms with Gasteiger partial charge in [0.2, 0.25) is 0 Å². The average molecular weight is 311 g/mol. The van der Waals surface area contributed by atoms with Gasteiger partial charge in [-0.15, -0.1) is 0 Å². The minimum atomic E-state index is -1.09. The van der Waals surface area contributed by atoms with Gasteiger partial charge in [-0.2, -0.15) is 0 Å². The molecular formula is C15H19ClN2O3. The molecule has 0 radical (unpaired) electrons. The number of anilines is 1. The Hall–Kier alpha value is -1.75. The van der Waals surface area contributed by atoms with Crippen molar-refractivity contribution in [1.29, 1.82) is 0 Å². The lowest BCUT2D eigenvalue weighted by atomic mass is 9.89. The second-order valence-corrected chi connectivity index (χ2v) is 6.03. The van der Waals surface area contributed by atoms with Crippen LogP contribution in [0.25, 0.3) is 0 Å². The van der Waals surface area contributed by atoms with Gasteiger partial charge in [0.05, 0.1) is 10.6 Å². The maximum absolute atomic E-state index is 12.2. The molecule has 2 unspecified atom stereocenters. The molecule has 0 aromatic heterocycles. The molecule has 2 atom stereocenters. The number of likely N-dealkylation sites (tertiary alicyclic amines) is 1. The summed E-state index contributed by atoms with van der Waals surface area (Å²) in [6.07, 6.45) is 0.993. The maximum atomic E-state index is 12.2. The molecule has 1 fully saturated rings. The SMILES string of the molecule is CC1CCN(C(=O)Nc2ccc(C(=O)O)c(Cl)c2)CC1C. The van der Waals surface area contributed by atoms with E-state index in [9.17, 15) is 9.59 Å². The molecule has 0 saturated carbocycles. The smallest absolute Gasteiger partial charge is 0.337 e. The van der Waals surface area contributed by atoms with Gasteiger partial charge in [0.1, 0.15) is 0 Å². The topological polar surface area (TPSA) is 69.6 Å². The molecule has 2 rings (SSSR count). The first-order valence-electron chi connectivity index (χ1n) is 6.97. The molecule has 2 amide bonds. The highest BCUT2D eigenvalue weighted by molar-refractivity contribution is 6.33. The number of piperidine rings is 1. The highest BCUT2D eigenvalue weighted by Gasteiger charge is 2.25. The fourth-order valence-corrected chi connectivity index (χ4v) is 2.68. The van der Waals surface area contributed by atoms with E-state index in [0.717, 1.165) is 19.5 Å². The third-order valence-electron chi connectivity index (χ3n) is 4.07. The van der Waals surface area contributed by atoms with Crippen LogP contribution in [0.3, 0.4) is 0 Å². The summed E-state index contributed by atoms with van der Waals surface area (Å²) in [6.45, 7) is 5.80.